The molecule has 326 valence electrons. The van der Waals surface area contributed by atoms with Gasteiger partial charge in [0.1, 0.15) is 0 Å². The predicted molar refractivity (Wildman–Crippen MR) is 295 cm³/mol. The van der Waals surface area contributed by atoms with Gasteiger partial charge in [0.25, 0.3) is 0 Å². The molecule has 0 saturated heterocycles. The van der Waals surface area contributed by atoms with Crippen molar-refractivity contribution >= 4 is 87.2 Å². The zero-order valence-electron chi connectivity index (χ0n) is 38.0. The molecular weight excluding hydrogens is 849 g/mol. The van der Waals surface area contributed by atoms with E-state index in [0.717, 1.165) is 22.7 Å². The van der Waals surface area contributed by atoms with Gasteiger partial charge in [0, 0.05) is 65.8 Å². The van der Waals surface area contributed by atoms with Crippen molar-refractivity contribution in [2.24, 2.45) is 0 Å². The van der Waals surface area contributed by atoms with Gasteiger partial charge in [-0.15, -0.1) is 0 Å². The molecule has 4 heteroatoms. The minimum absolute atomic E-state index is 1.14. The van der Waals surface area contributed by atoms with Crippen LogP contribution >= 0.6 is 0 Å². The van der Waals surface area contributed by atoms with Crippen molar-refractivity contribution in [2.45, 2.75) is 0 Å². The molecule has 15 aromatic rings. The van der Waals surface area contributed by atoms with E-state index in [1.807, 2.05) is 0 Å². The quantitative estimate of drug-likeness (QED) is 0.158. The van der Waals surface area contributed by atoms with Gasteiger partial charge in [0.05, 0.1) is 44.1 Å². The summed E-state index contributed by atoms with van der Waals surface area (Å²) in [6.45, 7) is 0. The lowest BCUT2D eigenvalue weighted by Gasteiger charge is -2.12. The summed E-state index contributed by atoms with van der Waals surface area (Å²) in [6.07, 6.45) is 0. The number of fused-ring (bicyclic) bond motifs is 14. The summed E-state index contributed by atoms with van der Waals surface area (Å²) in [7, 11) is 0. The maximum absolute atomic E-state index is 2.47. The van der Waals surface area contributed by atoms with Crippen LogP contribution in [0.25, 0.3) is 132 Å². The van der Waals surface area contributed by atoms with Gasteiger partial charge in [-0.2, -0.15) is 0 Å². The van der Waals surface area contributed by atoms with Gasteiger partial charge in [-0.25, -0.2) is 0 Å². The maximum Gasteiger partial charge on any atom is 0.0788 e. The first-order valence-electron chi connectivity index (χ1n) is 24.1. The Kier molecular flexibility index (Phi) is 8.33. The summed E-state index contributed by atoms with van der Waals surface area (Å²) in [6, 6.07) is 93.4. The Balaban J connectivity index is 0.935. The van der Waals surface area contributed by atoms with E-state index in [9.17, 15) is 0 Å². The molecule has 0 unspecified atom stereocenters. The van der Waals surface area contributed by atoms with Gasteiger partial charge < -0.3 is 18.3 Å². The summed E-state index contributed by atoms with van der Waals surface area (Å²) >= 11 is 0. The summed E-state index contributed by atoms with van der Waals surface area (Å²) < 4.78 is 9.85. The normalized spacial score (nSPS) is 12.0. The smallest absolute Gasteiger partial charge is 0.0788 e. The fraction of sp³-hybridized carbons (Fsp3) is 0. The van der Waals surface area contributed by atoms with E-state index in [4.69, 9.17) is 0 Å². The number of rotatable bonds is 6. The molecular formula is C66H42N4. The van der Waals surface area contributed by atoms with E-state index in [1.165, 1.54) is 109 Å². The zero-order chi connectivity index (χ0) is 45.9. The monoisotopic (exact) mass is 890 g/mol. The van der Waals surface area contributed by atoms with Crippen LogP contribution in [0.1, 0.15) is 0 Å². The Labute approximate surface area is 403 Å². The first-order chi connectivity index (χ1) is 34.8. The molecule has 0 bridgehead atoms. The number of benzene rings is 11. The van der Waals surface area contributed by atoms with E-state index < -0.39 is 0 Å². The van der Waals surface area contributed by atoms with Crippen LogP contribution in [0.2, 0.25) is 0 Å². The Hall–Kier alpha value is -9.38. The van der Waals surface area contributed by atoms with Crippen LogP contribution in [0.3, 0.4) is 0 Å². The van der Waals surface area contributed by atoms with Crippen LogP contribution in [0, 0.1) is 0 Å². The standard InChI is InChI=1S/C66H42N4/c1-5-20-47(21-6-1)67-59-30-15-13-28-51(59)53-34-36-55-57-41-45(32-38-61(57)69(65(55)63(53)67)49-24-9-3-10-25-49)43-18-17-19-44(40-43)46-33-39-62-58(42-46)56-37-35-54-52-29-14-16-31-60(52)68(48-22-7-2-8-23-48)64(54)66(56)70(62)50-26-11-4-12-27-50/h1-42H. The molecule has 0 aliphatic rings. The summed E-state index contributed by atoms with van der Waals surface area (Å²) in [5, 5.41) is 9.88. The topological polar surface area (TPSA) is 19.7 Å². The molecule has 0 spiro atoms. The van der Waals surface area contributed by atoms with Crippen LogP contribution in [0.5, 0.6) is 0 Å². The predicted octanol–water partition coefficient (Wildman–Crippen LogP) is 17.4. The molecule has 15 rings (SSSR count). The van der Waals surface area contributed by atoms with E-state index >= 15 is 0 Å². The van der Waals surface area contributed by atoms with E-state index in [0.29, 0.717) is 0 Å². The molecule has 4 heterocycles. The van der Waals surface area contributed by atoms with Crippen LogP contribution < -0.4 is 0 Å². The van der Waals surface area contributed by atoms with Gasteiger partial charge in [0.2, 0.25) is 0 Å². The van der Waals surface area contributed by atoms with Crippen molar-refractivity contribution in [3.63, 3.8) is 0 Å². The minimum Gasteiger partial charge on any atom is -0.307 e. The number of nitrogens with zero attached hydrogens (tertiary/aromatic N) is 4. The molecule has 0 radical (unpaired) electrons. The molecule has 4 nitrogen and oxygen atoms in total. The van der Waals surface area contributed by atoms with Crippen molar-refractivity contribution in [3.8, 4) is 45.0 Å². The molecule has 0 N–H and O–H groups in total. The first kappa shape index (κ1) is 38.7. The first-order valence-corrected chi connectivity index (χ1v) is 24.1. The third kappa shape index (κ3) is 5.59. The zero-order valence-corrected chi connectivity index (χ0v) is 38.0. The Bertz CT molecular complexity index is 4260. The molecule has 0 atom stereocenters. The number of hydrogen-bond donors (Lipinski definition) is 0. The van der Waals surface area contributed by atoms with Crippen molar-refractivity contribution < 1.29 is 0 Å². The molecule has 4 aromatic heterocycles. The second-order valence-electron chi connectivity index (χ2n) is 18.5. The fourth-order valence-electron chi connectivity index (χ4n) is 11.7. The maximum atomic E-state index is 2.47. The van der Waals surface area contributed by atoms with E-state index in [-0.39, 0.29) is 0 Å². The average molecular weight is 891 g/mol. The minimum atomic E-state index is 1.14. The second-order valence-corrected chi connectivity index (χ2v) is 18.5. The van der Waals surface area contributed by atoms with Gasteiger partial charge >= 0.3 is 0 Å². The molecule has 70 heavy (non-hydrogen) atoms. The largest absolute Gasteiger partial charge is 0.307 e. The summed E-state index contributed by atoms with van der Waals surface area (Å²) in [5.41, 5.74) is 18.9. The Morgan fingerprint density at radius 1 is 0.171 bits per heavy atom. The van der Waals surface area contributed by atoms with Crippen molar-refractivity contribution in [1.82, 2.24) is 18.3 Å². The van der Waals surface area contributed by atoms with Gasteiger partial charge in [-0.3, -0.25) is 0 Å². The Morgan fingerprint density at radius 2 is 0.457 bits per heavy atom. The highest BCUT2D eigenvalue weighted by Crippen LogP contribution is 2.45. The SMILES string of the molecule is c1ccc(-n2c3ccccc3c3ccc4c5cc(-c6cccc(-c7ccc8c(c7)c7ccc9c%10ccccc%10n(-c%10ccccc%10)c9c7n8-c7ccccc7)c6)ccc5n(-c5ccccc5)c4c32)cc1. The van der Waals surface area contributed by atoms with E-state index in [2.05, 4.69) is 273 Å². The van der Waals surface area contributed by atoms with Gasteiger partial charge in [0.15, 0.2) is 0 Å². The van der Waals surface area contributed by atoms with Gasteiger partial charge in [-0.1, -0.05) is 164 Å². The molecule has 11 aromatic carbocycles. The number of aromatic nitrogens is 4. The molecule has 0 saturated carbocycles. The second kappa shape index (κ2) is 15.1. The van der Waals surface area contributed by atoms with Crippen molar-refractivity contribution in [1.29, 1.82) is 0 Å². The highest BCUT2D eigenvalue weighted by molar-refractivity contribution is 6.25. The summed E-state index contributed by atoms with van der Waals surface area (Å²) in [5.74, 6) is 0. The molecule has 0 fully saturated rings. The van der Waals surface area contributed by atoms with Crippen LogP contribution in [-0.4, -0.2) is 18.3 Å². The lowest BCUT2D eigenvalue weighted by molar-refractivity contribution is 1.15. The van der Waals surface area contributed by atoms with Crippen LogP contribution in [-0.2, 0) is 0 Å². The van der Waals surface area contributed by atoms with Crippen LogP contribution in [0.4, 0.5) is 0 Å². The number of para-hydroxylation sites is 6. The molecule has 0 aliphatic carbocycles. The summed E-state index contributed by atoms with van der Waals surface area (Å²) in [4.78, 5) is 0. The highest BCUT2D eigenvalue weighted by Gasteiger charge is 2.24. The third-order valence-corrected chi connectivity index (χ3v) is 14.7. The third-order valence-electron chi connectivity index (χ3n) is 14.7. The average Bonchev–Trinajstić information content (AvgIpc) is 4.17. The lowest BCUT2D eigenvalue weighted by atomic mass is 9.97. The van der Waals surface area contributed by atoms with Gasteiger partial charge in [-0.05, 0) is 113 Å². The van der Waals surface area contributed by atoms with E-state index in [1.54, 1.807) is 0 Å². The fourth-order valence-corrected chi connectivity index (χ4v) is 11.7. The van der Waals surface area contributed by atoms with Crippen molar-refractivity contribution in [2.75, 3.05) is 0 Å². The number of hydrogen-bond acceptors (Lipinski definition) is 0. The van der Waals surface area contributed by atoms with Crippen molar-refractivity contribution in [3.05, 3.63) is 255 Å². The molecule has 0 aliphatic heterocycles. The Morgan fingerprint density at radius 3 is 0.814 bits per heavy atom. The van der Waals surface area contributed by atoms with Crippen LogP contribution in [0.15, 0.2) is 255 Å². The highest BCUT2D eigenvalue weighted by atomic mass is 15.1. The molecule has 0 amide bonds. The lowest BCUT2D eigenvalue weighted by Crippen LogP contribution is -1.98.